The highest BCUT2D eigenvalue weighted by Crippen LogP contribution is 2.29. The average molecular weight is 291 g/mol. The molecule has 0 saturated heterocycles. The number of alkyl halides is 3. The molecule has 0 saturated carbocycles. The van der Waals surface area contributed by atoms with Crippen LogP contribution in [0.2, 0.25) is 0 Å². The van der Waals surface area contributed by atoms with Gasteiger partial charge in [-0.2, -0.15) is 13.2 Å². The second-order valence-corrected chi connectivity index (χ2v) is 5.19. The Kier molecular flexibility index (Phi) is 3.49. The van der Waals surface area contributed by atoms with Crippen LogP contribution in [0, 0.1) is 0 Å². The van der Waals surface area contributed by atoms with Gasteiger partial charge < -0.3 is 14.8 Å². The zero-order chi connectivity index (χ0) is 15.1. The van der Waals surface area contributed by atoms with Crippen LogP contribution < -0.4 is 5.32 Å². The number of aromatic nitrogens is 3. The second-order valence-electron chi connectivity index (χ2n) is 5.19. The third-order valence-electron chi connectivity index (χ3n) is 3.45. The summed E-state index contributed by atoms with van der Waals surface area (Å²) in [6.45, 7) is 3.72. The van der Waals surface area contributed by atoms with Crippen LogP contribution in [0.4, 0.5) is 13.2 Å². The van der Waals surface area contributed by atoms with Gasteiger partial charge in [-0.05, 0) is 20.9 Å². The van der Waals surface area contributed by atoms with E-state index in [9.17, 15) is 18.0 Å². The van der Waals surface area contributed by atoms with Crippen molar-refractivity contribution in [2.24, 2.45) is 0 Å². The summed E-state index contributed by atoms with van der Waals surface area (Å²) in [5.74, 6) is -1.03. The molecule has 0 aliphatic carbocycles. The molecule has 1 aromatic heterocycles. The second kappa shape index (κ2) is 4.72. The molecule has 2 rings (SSSR count). The molecule has 0 unspecified atom stereocenters. The van der Waals surface area contributed by atoms with Crippen molar-refractivity contribution < 1.29 is 18.0 Å². The SMILES string of the molecule is CNC(C)(C)C(=O)N1CCn2c(nnc2C(F)(F)F)C1. The Hall–Kier alpha value is -1.64. The molecule has 1 N–H and O–H groups in total. The summed E-state index contributed by atoms with van der Waals surface area (Å²) in [6, 6.07) is 0. The van der Waals surface area contributed by atoms with Gasteiger partial charge in [0.05, 0.1) is 12.1 Å². The summed E-state index contributed by atoms with van der Waals surface area (Å²) >= 11 is 0. The maximum absolute atomic E-state index is 12.7. The smallest absolute Gasteiger partial charge is 0.332 e. The first-order chi connectivity index (χ1) is 9.16. The fraction of sp³-hybridized carbons (Fsp3) is 0.727. The highest BCUT2D eigenvalue weighted by Gasteiger charge is 2.41. The number of fused-ring (bicyclic) bond motifs is 1. The van der Waals surface area contributed by atoms with E-state index < -0.39 is 17.5 Å². The van der Waals surface area contributed by atoms with Crippen LogP contribution >= 0.6 is 0 Å². The first-order valence-electron chi connectivity index (χ1n) is 6.14. The van der Waals surface area contributed by atoms with Crippen LogP contribution in [0.15, 0.2) is 0 Å². The van der Waals surface area contributed by atoms with E-state index in [0.29, 0.717) is 0 Å². The predicted molar refractivity (Wildman–Crippen MR) is 63.6 cm³/mol. The van der Waals surface area contributed by atoms with Crippen molar-refractivity contribution in [2.75, 3.05) is 13.6 Å². The molecule has 20 heavy (non-hydrogen) atoms. The van der Waals surface area contributed by atoms with E-state index in [4.69, 9.17) is 0 Å². The van der Waals surface area contributed by atoms with Crippen LogP contribution in [-0.2, 0) is 24.1 Å². The number of hydrogen-bond acceptors (Lipinski definition) is 4. The summed E-state index contributed by atoms with van der Waals surface area (Å²) in [5.41, 5.74) is -0.769. The van der Waals surface area contributed by atoms with Gasteiger partial charge in [0.15, 0.2) is 5.82 Å². The Morgan fingerprint density at radius 2 is 1.90 bits per heavy atom. The number of nitrogens with zero attached hydrogens (tertiary/aromatic N) is 4. The van der Waals surface area contributed by atoms with Gasteiger partial charge in [-0.1, -0.05) is 0 Å². The number of amides is 1. The number of nitrogens with one attached hydrogen (secondary N) is 1. The zero-order valence-electron chi connectivity index (χ0n) is 11.5. The van der Waals surface area contributed by atoms with E-state index >= 15 is 0 Å². The summed E-state index contributed by atoms with van der Waals surface area (Å²) in [5, 5.41) is 9.60. The lowest BCUT2D eigenvalue weighted by Crippen LogP contribution is -2.54. The van der Waals surface area contributed by atoms with E-state index in [-0.39, 0.29) is 31.4 Å². The van der Waals surface area contributed by atoms with Crippen molar-refractivity contribution in [3.63, 3.8) is 0 Å². The van der Waals surface area contributed by atoms with Crippen molar-refractivity contribution in [1.29, 1.82) is 0 Å². The Balaban J connectivity index is 2.21. The van der Waals surface area contributed by atoms with Gasteiger partial charge in [0.2, 0.25) is 11.7 Å². The monoisotopic (exact) mass is 291 g/mol. The fourth-order valence-electron chi connectivity index (χ4n) is 2.04. The maximum atomic E-state index is 12.7. The summed E-state index contributed by atoms with van der Waals surface area (Å²) in [4.78, 5) is 13.7. The van der Waals surface area contributed by atoms with Crippen molar-refractivity contribution in [3.8, 4) is 0 Å². The predicted octanol–water partition coefficient (Wildman–Crippen LogP) is 0.637. The van der Waals surface area contributed by atoms with Gasteiger partial charge in [0, 0.05) is 13.1 Å². The van der Waals surface area contributed by atoms with Crippen LogP contribution in [0.3, 0.4) is 0 Å². The average Bonchev–Trinajstić information content (AvgIpc) is 2.80. The molecular weight excluding hydrogens is 275 g/mol. The number of likely N-dealkylation sites (N-methyl/N-ethyl adjacent to an activating group) is 1. The summed E-state index contributed by atoms with van der Waals surface area (Å²) in [6.07, 6.45) is -4.53. The standard InChI is InChI=1S/C11H16F3N5O/c1-10(2,15-3)9(20)18-4-5-19-7(6-18)16-17-8(19)11(12,13)14/h15H,4-6H2,1-3H3. The van der Waals surface area contributed by atoms with Gasteiger partial charge >= 0.3 is 6.18 Å². The normalized spacial score (nSPS) is 16.2. The lowest BCUT2D eigenvalue weighted by molar-refractivity contribution is -0.148. The molecular formula is C11H16F3N5O. The molecule has 0 spiro atoms. The van der Waals surface area contributed by atoms with E-state index in [1.165, 1.54) is 4.90 Å². The largest absolute Gasteiger partial charge is 0.451 e. The molecule has 0 radical (unpaired) electrons. The minimum absolute atomic E-state index is 0.0347. The number of carbonyl (C=O) groups excluding carboxylic acids is 1. The first-order valence-corrected chi connectivity index (χ1v) is 6.14. The van der Waals surface area contributed by atoms with E-state index in [0.717, 1.165) is 4.57 Å². The zero-order valence-corrected chi connectivity index (χ0v) is 11.5. The molecule has 1 aliphatic heterocycles. The lowest BCUT2D eigenvalue weighted by atomic mass is 10.0. The fourth-order valence-corrected chi connectivity index (χ4v) is 2.04. The first kappa shape index (κ1) is 14.8. The highest BCUT2D eigenvalue weighted by atomic mass is 19.4. The number of hydrogen-bond donors (Lipinski definition) is 1. The Bertz CT molecular complexity index is 523. The van der Waals surface area contributed by atoms with Crippen molar-refractivity contribution in [3.05, 3.63) is 11.6 Å². The van der Waals surface area contributed by atoms with Crippen LogP contribution in [-0.4, -0.2) is 44.7 Å². The Morgan fingerprint density at radius 3 is 2.45 bits per heavy atom. The molecule has 6 nitrogen and oxygen atoms in total. The third kappa shape index (κ3) is 2.49. The van der Waals surface area contributed by atoms with E-state index in [1.54, 1.807) is 20.9 Å². The molecule has 0 atom stereocenters. The van der Waals surface area contributed by atoms with Crippen LogP contribution in [0.1, 0.15) is 25.5 Å². The highest BCUT2D eigenvalue weighted by molar-refractivity contribution is 5.85. The third-order valence-corrected chi connectivity index (χ3v) is 3.45. The van der Waals surface area contributed by atoms with E-state index in [2.05, 4.69) is 15.5 Å². The lowest BCUT2D eigenvalue weighted by Gasteiger charge is -2.34. The topological polar surface area (TPSA) is 63.1 Å². The quantitative estimate of drug-likeness (QED) is 0.868. The van der Waals surface area contributed by atoms with Crippen molar-refractivity contribution >= 4 is 5.91 Å². The molecule has 1 aliphatic rings. The van der Waals surface area contributed by atoms with Gasteiger partial charge in [-0.3, -0.25) is 4.79 Å². The van der Waals surface area contributed by atoms with Crippen LogP contribution in [0.25, 0.3) is 0 Å². The number of halogens is 3. The minimum atomic E-state index is -4.53. The van der Waals surface area contributed by atoms with Gasteiger partial charge in [0.1, 0.15) is 0 Å². The molecule has 2 heterocycles. The summed E-state index contributed by atoms with van der Waals surface area (Å²) < 4.78 is 39.1. The molecule has 0 fully saturated rings. The Labute approximate surface area is 114 Å². The van der Waals surface area contributed by atoms with Gasteiger partial charge in [-0.15, -0.1) is 10.2 Å². The number of carbonyl (C=O) groups is 1. The van der Waals surface area contributed by atoms with Crippen molar-refractivity contribution in [2.45, 2.75) is 38.7 Å². The van der Waals surface area contributed by atoms with E-state index in [1.807, 2.05) is 0 Å². The molecule has 1 amide bonds. The number of rotatable bonds is 2. The summed E-state index contributed by atoms with van der Waals surface area (Å²) in [7, 11) is 1.66. The molecule has 9 heteroatoms. The molecule has 0 aromatic carbocycles. The maximum Gasteiger partial charge on any atom is 0.451 e. The van der Waals surface area contributed by atoms with Gasteiger partial charge in [-0.25, -0.2) is 0 Å². The minimum Gasteiger partial charge on any atom is -0.332 e. The Morgan fingerprint density at radius 1 is 1.25 bits per heavy atom. The molecule has 0 bridgehead atoms. The van der Waals surface area contributed by atoms with Crippen LogP contribution in [0.5, 0.6) is 0 Å². The van der Waals surface area contributed by atoms with Crippen molar-refractivity contribution in [1.82, 2.24) is 25.0 Å². The molecule has 112 valence electrons. The van der Waals surface area contributed by atoms with Gasteiger partial charge in [0.25, 0.3) is 0 Å². The molecule has 1 aromatic rings.